The van der Waals surface area contributed by atoms with Gasteiger partial charge < -0.3 is 24.2 Å². The van der Waals surface area contributed by atoms with Crippen LogP contribution in [0.5, 0.6) is 0 Å². The van der Waals surface area contributed by atoms with Crippen molar-refractivity contribution in [1.82, 2.24) is 5.32 Å². The Morgan fingerprint density at radius 2 is 1.86 bits per heavy atom. The first kappa shape index (κ1) is 17.7. The molecule has 0 saturated carbocycles. The van der Waals surface area contributed by atoms with Crippen molar-refractivity contribution in [1.29, 1.82) is 0 Å². The van der Waals surface area contributed by atoms with Gasteiger partial charge in [-0.2, -0.15) is 0 Å². The van der Waals surface area contributed by atoms with Gasteiger partial charge in [0.1, 0.15) is 6.61 Å². The Balaban J connectivity index is 2.63. The normalized spacial score (nSPS) is 14.3. The Morgan fingerprint density at radius 3 is 2.33 bits per heavy atom. The van der Waals surface area contributed by atoms with Crippen molar-refractivity contribution < 1.29 is 28.3 Å². The van der Waals surface area contributed by atoms with Gasteiger partial charge in [0.05, 0.1) is 6.10 Å². The molecule has 1 amide bonds. The smallest absolute Gasteiger partial charge is 0.408 e. The van der Waals surface area contributed by atoms with E-state index in [2.05, 4.69) is 5.32 Å². The zero-order valence-corrected chi connectivity index (χ0v) is 13.1. The highest BCUT2D eigenvalue weighted by Gasteiger charge is 2.39. The van der Waals surface area contributed by atoms with Gasteiger partial charge in [0.15, 0.2) is 5.78 Å². The van der Waals surface area contributed by atoms with E-state index in [4.69, 9.17) is 13.8 Å². The Bertz CT molecular complexity index is 485. The Hall–Kier alpha value is -1.40. The molecule has 0 aromatic heterocycles. The van der Waals surface area contributed by atoms with E-state index in [9.17, 15) is 14.5 Å². The van der Waals surface area contributed by atoms with E-state index in [-0.39, 0.29) is 6.61 Å². The van der Waals surface area contributed by atoms with Crippen molar-refractivity contribution in [2.24, 2.45) is 0 Å². The average molecular weight is 317 g/mol. The number of amides is 1. The summed E-state index contributed by atoms with van der Waals surface area (Å²) >= 11 is 0. The van der Waals surface area contributed by atoms with Crippen LogP contribution in [-0.4, -0.2) is 37.3 Å². The second-order valence-electron chi connectivity index (χ2n) is 4.30. The molecular weight excluding hydrogens is 297 g/mol. The number of aliphatic hydroxyl groups excluding tert-OH is 1. The SMILES string of the molecule is COP(=O)(OC)[C@H](NC(=O)OCc1ccccc1)[C@H](C)O. The third kappa shape index (κ3) is 5.13. The minimum Gasteiger partial charge on any atom is -0.445 e. The van der Waals surface area contributed by atoms with Gasteiger partial charge >= 0.3 is 13.7 Å². The van der Waals surface area contributed by atoms with Crippen LogP contribution in [0.25, 0.3) is 0 Å². The first-order valence-corrected chi connectivity index (χ1v) is 7.90. The standard InChI is InChI=1S/C13H20NO6P/c1-10(15)12(21(17,18-2)19-3)14-13(16)20-9-11-7-5-4-6-8-11/h4-8,10,12,15H,9H2,1-3H3,(H,14,16)/t10-,12-/m0/s1. The molecular formula is C13H20NO6P. The molecule has 0 heterocycles. The van der Waals surface area contributed by atoms with Crippen molar-refractivity contribution in [3.8, 4) is 0 Å². The maximum Gasteiger partial charge on any atom is 0.408 e. The molecule has 0 bridgehead atoms. The topological polar surface area (TPSA) is 94.1 Å². The van der Waals surface area contributed by atoms with Gasteiger partial charge in [-0.05, 0) is 12.5 Å². The molecule has 1 aromatic carbocycles. The van der Waals surface area contributed by atoms with Crippen molar-refractivity contribution >= 4 is 13.7 Å². The Kier molecular flexibility index (Phi) is 6.84. The summed E-state index contributed by atoms with van der Waals surface area (Å²) in [6.07, 6.45) is -1.96. The van der Waals surface area contributed by atoms with Crippen molar-refractivity contribution in [3.05, 3.63) is 35.9 Å². The molecule has 0 aliphatic heterocycles. The van der Waals surface area contributed by atoms with E-state index in [1.807, 2.05) is 18.2 Å². The maximum atomic E-state index is 12.2. The lowest BCUT2D eigenvalue weighted by atomic mass is 10.2. The Labute approximate surface area is 123 Å². The van der Waals surface area contributed by atoms with Crippen LogP contribution in [-0.2, 0) is 25.0 Å². The number of benzene rings is 1. The molecule has 0 spiro atoms. The molecule has 0 saturated heterocycles. The highest BCUT2D eigenvalue weighted by Crippen LogP contribution is 2.51. The first-order chi connectivity index (χ1) is 9.92. The third-order valence-electron chi connectivity index (χ3n) is 2.79. The zero-order valence-electron chi connectivity index (χ0n) is 12.2. The van der Waals surface area contributed by atoms with E-state index < -0.39 is 25.6 Å². The van der Waals surface area contributed by atoms with Crippen molar-refractivity contribution in [3.63, 3.8) is 0 Å². The van der Waals surface area contributed by atoms with Gasteiger partial charge in [-0.3, -0.25) is 4.57 Å². The van der Waals surface area contributed by atoms with Crippen molar-refractivity contribution in [2.75, 3.05) is 14.2 Å². The lowest BCUT2D eigenvalue weighted by Gasteiger charge is -2.26. The summed E-state index contributed by atoms with van der Waals surface area (Å²) in [6.45, 7) is 1.43. The summed E-state index contributed by atoms with van der Waals surface area (Å²) in [5.74, 6) is -1.21. The number of hydrogen-bond donors (Lipinski definition) is 2. The number of hydrogen-bond acceptors (Lipinski definition) is 6. The second kappa shape index (κ2) is 8.14. The predicted octanol–water partition coefficient (Wildman–Crippen LogP) is 2.11. The molecule has 0 aliphatic carbocycles. The number of carbonyl (C=O) groups is 1. The van der Waals surface area contributed by atoms with Gasteiger partial charge in [0.2, 0.25) is 0 Å². The first-order valence-electron chi connectivity index (χ1n) is 6.29. The number of carbonyl (C=O) groups excluding carboxylic acids is 1. The Morgan fingerprint density at radius 1 is 1.29 bits per heavy atom. The van der Waals surface area contributed by atoms with Crippen LogP contribution < -0.4 is 5.32 Å². The van der Waals surface area contributed by atoms with Crippen molar-refractivity contribution in [2.45, 2.75) is 25.4 Å². The van der Waals surface area contributed by atoms with Gasteiger partial charge in [0.25, 0.3) is 0 Å². The average Bonchev–Trinajstić information content (AvgIpc) is 2.50. The van der Waals surface area contributed by atoms with Crippen LogP contribution in [0, 0.1) is 0 Å². The summed E-state index contributed by atoms with van der Waals surface area (Å²) in [4.78, 5) is 11.7. The van der Waals surface area contributed by atoms with E-state index in [1.54, 1.807) is 12.1 Å². The van der Waals surface area contributed by atoms with Gasteiger partial charge in [-0.15, -0.1) is 0 Å². The van der Waals surface area contributed by atoms with Gasteiger partial charge in [-0.25, -0.2) is 4.79 Å². The molecule has 21 heavy (non-hydrogen) atoms. The minimum absolute atomic E-state index is 0.0590. The molecule has 7 nitrogen and oxygen atoms in total. The quantitative estimate of drug-likeness (QED) is 0.748. The van der Waals surface area contributed by atoms with E-state index in [1.165, 1.54) is 21.1 Å². The molecule has 1 rings (SSSR count). The molecule has 1 aromatic rings. The number of alkyl carbamates (subject to hydrolysis) is 1. The largest absolute Gasteiger partial charge is 0.445 e. The van der Waals surface area contributed by atoms with E-state index in [0.29, 0.717) is 0 Å². The molecule has 118 valence electrons. The minimum atomic E-state index is -3.66. The van der Waals surface area contributed by atoms with E-state index in [0.717, 1.165) is 5.56 Å². The monoisotopic (exact) mass is 317 g/mol. The van der Waals surface area contributed by atoms with Crippen LogP contribution in [0.15, 0.2) is 30.3 Å². The zero-order chi connectivity index (χ0) is 15.9. The fourth-order valence-corrected chi connectivity index (χ4v) is 3.05. The number of nitrogens with one attached hydrogen (secondary N) is 1. The lowest BCUT2D eigenvalue weighted by molar-refractivity contribution is 0.115. The maximum absolute atomic E-state index is 12.2. The second-order valence-corrected chi connectivity index (χ2v) is 6.66. The van der Waals surface area contributed by atoms with Crippen LogP contribution in [0.2, 0.25) is 0 Å². The van der Waals surface area contributed by atoms with Gasteiger partial charge in [-0.1, -0.05) is 30.3 Å². The summed E-state index contributed by atoms with van der Waals surface area (Å²) in [5, 5.41) is 11.9. The summed E-state index contributed by atoms with van der Waals surface area (Å²) in [6, 6.07) is 9.09. The van der Waals surface area contributed by atoms with Gasteiger partial charge in [0, 0.05) is 14.2 Å². The number of rotatable bonds is 7. The van der Waals surface area contributed by atoms with Crippen LogP contribution in [0.4, 0.5) is 4.79 Å². The highest BCUT2D eigenvalue weighted by molar-refractivity contribution is 7.54. The third-order valence-corrected chi connectivity index (χ3v) is 5.04. The molecule has 0 unspecified atom stereocenters. The molecule has 8 heteroatoms. The fraction of sp³-hybridized carbons (Fsp3) is 0.462. The molecule has 2 N–H and O–H groups in total. The fourth-order valence-electron chi connectivity index (χ4n) is 1.65. The molecule has 0 aliphatic rings. The lowest BCUT2D eigenvalue weighted by Crippen LogP contribution is -2.42. The van der Waals surface area contributed by atoms with Crippen LogP contribution in [0.3, 0.4) is 0 Å². The molecule has 0 fully saturated rings. The summed E-state index contributed by atoms with van der Waals surface area (Å²) in [5.41, 5.74) is 0.808. The number of ether oxygens (including phenoxy) is 1. The summed E-state index contributed by atoms with van der Waals surface area (Å²) in [7, 11) is -1.30. The van der Waals surface area contributed by atoms with E-state index >= 15 is 0 Å². The number of aliphatic hydroxyl groups is 1. The predicted molar refractivity (Wildman–Crippen MR) is 76.9 cm³/mol. The molecule has 2 atom stereocenters. The van der Waals surface area contributed by atoms with Crippen LogP contribution in [0.1, 0.15) is 12.5 Å². The molecule has 0 radical (unpaired) electrons. The van der Waals surface area contributed by atoms with Crippen LogP contribution >= 0.6 is 7.60 Å². The highest BCUT2D eigenvalue weighted by atomic mass is 31.2. The summed E-state index contributed by atoms with van der Waals surface area (Å²) < 4.78 is 26.8.